The van der Waals surface area contributed by atoms with Gasteiger partial charge in [-0.05, 0) is 25.3 Å². The fourth-order valence-electron chi connectivity index (χ4n) is 2.56. The fraction of sp³-hybridized carbons (Fsp3) is 0.500. The molecule has 1 aromatic rings. The number of carboxylic acids is 1. The molecular formula is C16H20FNO3. The normalized spacial score (nSPS) is 17.0. The van der Waals surface area contributed by atoms with Gasteiger partial charge in [-0.1, -0.05) is 38.0 Å². The number of benzene rings is 1. The Morgan fingerprint density at radius 3 is 2.57 bits per heavy atom. The average Bonchev–Trinajstić information content (AvgIpc) is 3.25. The second-order valence-electron chi connectivity index (χ2n) is 5.57. The second-order valence-corrected chi connectivity index (χ2v) is 5.57. The van der Waals surface area contributed by atoms with Crippen LogP contribution in [-0.4, -0.2) is 23.0 Å². The Kier molecular flexibility index (Phi) is 4.60. The van der Waals surface area contributed by atoms with Gasteiger partial charge in [-0.15, -0.1) is 0 Å². The maximum absolute atomic E-state index is 13.9. The number of halogens is 1. The standard InChI is InChI=1S/C16H20FNO3/c1-2-3-8-13(14(19)20)18-15(21)16(9-10-16)11-6-4-5-7-12(11)17/h4-7,13H,2-3,8-10H2,1H3,(H,18,21)(H,19,20). The fourth-order valence-corrected chi connectivity index (χ4v) is 2.56. The zero-order valence-corrected chi connectivity index (χ0v) is 12.1. The van der Waals surface area contributed by atoms with E-state index in [1.54, 1.807) is 18.2 Å². The molecule has 21 heavy (non-hydrogen) atoms. The van der Waals surface area contributed by atoms with E-state index < -0.39 is 23.2 Å². The average molecular weight is 293 g/mol. The summed E-state index contributed by atoms with van der Waals surface area (Å²) in [6, 6.07) is 5.30. The molecule has 1 fully saturated rings. The maximum atomic E-state index is 13.9. The summed E-state index contributed by atoms with van der Waals surface area (Å²) >= 11 is 0. The third-order valence-electron chi connectivity index (χ3n) is 4.02. The van der Waals surface area contributed by atoms with Crippen molar-refractivity contribution in [1.82, 2.24) is 5.32 Å². The number of hydrogen-bond donors (Lipinski definition) is 2. The lowest BCUT2D eigenvalue weighted by Crippen LogP contribution is -2.45. The van der Waals surface area contributed by atoms with Gasteiger partial charge in [0.25, 0.3) is 0 Å². The lowest BCUT2D eigenvalue weighted by Gasteiger charge is -2.20. The van der Waals surface area contributed by atoms with Crippen LogP contribution in [0.4, 0.5) is 4.39 Å². The number of aliphatic carboxylic acids is 1. The molecule has 5 heteroatoms. The Bertz CT molecular complexity index is 540. The van der Waals surface area contributed by atoms with Crippen LogP contribution in [0.2, 0.25) is 0 Å². The molecule has 1 aliphatic rings. The first-order chi connectivity index (χ1) is 10.0. The number of carbonyl (C=O) groups excluding carboxylic acids is 1. The molecule has 1 aromatic carbocycles. The van der Waals surface area contributed by atoms with E-state index in [-0.39, 0.29) is 5.91 Å². The first-order valence-corrected chi connectivity index (χ1v) is 7.30. The Labute approximate surface area is 123 Å². The molecule has 0 aromatic heterocycles. The molecular weight excluding hydrogens is 273 g/mol. The summed E-state index contributed by atoms with van der Waals surface area (Å²) < 4.78 is 13.9. The Morgan fingerprint density at radius 2 is 2.05 bits per heavy atom. The summed E-state index contributed by atoms with van der Waals surface area (Å²) in [4.78, 5) is 23.6. The molecule has 0 saturated heterocycles. The highest BCUT2D eigenvalue weighted by Gasteiger charge is 2.53. The van der Waals surface area contributed by atoms with E-state index in [1.807, 2.05) is 6.92 Å². The number of unbranched alkanes of at least 4 members (excludes halogenated alkanes) is 1. The van der Waals surface area contributed by atoms with Gasteiger partial charge in [0.1, 0.15) is 11.9 Å². The molecule has 0 heterocycles. The largest absolute Gasteiger partial charge is 0.480 e. The van der Waals surface area contributed by atoms with Gasteiger partial charge in [-0.2, -0.15) is 0 Å². The van der Waals surface area contributed by atoms with Gasteiger partial charge in [0.05, 0.1) is 5.41 Å². The minimum Gasteiger partial charge on any atom is -0.480 e. The van der Waals surface area contributed by atoms with Crippen LogP contribution in [0.1, 0.15) is 44.6 Å². The molecule has 0 bridgehead atoms. The molecule has 1 atom stereocenters. The van der Waals surface area contributed by atoms with Gasteiger partial charge in [0, 0.05) is 5.56 Å². The van der Waals surface area contributed by atoms with Crippen LogP contribution in [0.15, 0.2) is 24.3 Å². The van der Waals surface area contributed by atoms with E-state index in [0.717, 1.165) is 12.8 Å². The Balaban J connectivity index is 2.12. The molecule has 1 saturated carbocycles. The van der Waals surface area contributed by atoms with E-state index in [4.69, 9.17) is 0 Å². The van der Waals surface area contributed by atoms with Crippen LogP contribution in [0.3, 0.4) is 0 Å². The van der Waals surface area contributed by atoms with Crippen LogP contribution >= 0.6 is 0 Å². The van der Waals surface area contributed by atoms with E-state index in [9.17, 15) is 19.1 Å². The van der Waals surface area contributed by atoms with Crippen LogP contribution in [0.5, 0.6) is 0 Å². The number of carbonyl (C=O) groups is 2. The Hall–Kier alpha value is -1.91. The summed E-state index contributed by atoms with van der Waals surface area (Å²) in [5, 5.41) is 11.7. The van der Waals surface area contributed by atoms with E-state index in [1.165, 1.54) is 6.07 Å². The highest BCUT2D eigenvalue weighted by Crippen LogP contribution is 2.49. The van der Waals surface area contributed by atoms with Gasteiger partial charge in [-0.25, -0.2) is 9.18 Å². The Morgan fingerprint density at radius 1 is 1.38 bits per heavy atom. The zero-order chi connectivity index (χ0) is 15.5. The third kappa shape index (κ3) is 3.23. The minimum absolute atomic E-state index is 0.363. The second kappa shape index (κ2) is 6.24. The van der Waals surface area contributed by atoms with Crippen LogP contribution < -0.4 is 5.32 Å². The van der Waals surface area contributed by atoms with Gasteiger partial charge in [0.2, 0.25) is 5.91 Å². The van der Waals surface area contributed by atoms with Crippen molar-refractivity contribution in [3.63, 3.8) is 0 Å². The number of amides is 1. The van der Waals surface area contributed by atoms with Crippen molar-refractivity contribution in [2.24, 2.45) is 0 Å². The maximum Gasteiger partial charge on any atom is 0.326 e. The molecule has 2 N–H and O–H groups in total. The quantitative estimate of drug-likeness (QED) is 0.812. The van der Waals surface area contributed by atoms with Gasteiger partial charge >= 0.3 is 5.97 Å². The topological polar surface area (TPSA) is 66.4 Å². The lowest BCUT2D eigenvalue weighted by molar-refractivity contribution is -0.142. The van der Waals surface area contributed by atoms with Crippen LogP contribution in [-0.2, 0) is 15.0 Å². The molecule has 114 valence electrons. The SMILES string of the molecule is CCCCC(NC(=O)C1(c2ccccc2F)CC1)C(=O)O. The van der Waals surface area contributed by atoms with Crippen molar-refractivity contribution in [2.45, 2.75) is 50.5 Å². The first-order valence-electron chi connectivity index (χ1n) is 7.30. The molecule has 1 amide bonds. The molecule has 0 aliphatic heterocycles. The summed E-state index contributed by atoms with van der Waals surface area (Å²) in [5.74, 6) is -1.83. The van der Waals surface area contributed by atoms with Gasteiger partial charge in [0.15, 0.2) is 0 Å². The van der Waals surface area contributed by atoms with Crippen molar-refractivity contribution < 1.29 is 19.1 Å². The first kappa shape index (κ1) is 15.5. The zero-order valence-electron chi connectivity index (χ0n) is 12.1. The molecule has 2 rings (SSSR count). The molecule has 1 unspecified atom stereocenters. The van der Waals surface area contributed by atoms with Gasteiger partial charge in [-0.3, -0.25) is 4.79 Å². The van der Waals surface area contributed by atoms with Crippen molar-refractivity contribution in [3.05, 3.63) is 35.6 Å². The van der Waals surface area contributed by atoms with Crippen molar-refractivity contribution in [2.75, 3.05) is 0 Å². The van der Waals surface area contributed by atoms with E-state index in [2.05, 4.69) is 5.32 Å². The van der Waals surface area contributed by atoms with Crippen molar-refractivity contribution in [3.8, 4) is 0 Å². The summed E-state index contributed by atoms with van der Waals surface area (Å²) in [6.45, 7) is 1.96. The molecule has 1 aliphatic carbocycles. The lowest BCUT2D eigenvalue weighted by atomic mass is 9.93. The van der Waals surface area contributed by atoms with Crippen LogP contribution in [0.25, 0.3) is 0 Å². The summed E-state index contributed by atoms with van der Waals surface area (Å²) in [7, 11) is 0. The summed E-state index contributed by atoms with van der Waals surface area (Å²) in [6.07, 6.45) is 3.09. The highest BCUT2D eigenvalue weighted by atomic mass is 19.1. The van der Waals surface area contributed by atoms with Gasteiger partial charge < -0.3 is 10.4 Å². The van der Waals surface area contributed by atoms with Crippen molar-refractivity contribution in [1.29, 1.82) is 0 Å². The molecule has 0 spiro atoms. The van der Waals surface area contributed by atoms with E-state index >= 15 is 0 Å². The minimum atomic E-state index is -1.04. The number of rotatable bonds is 7. The summed E-state index contributed by atoms with van der Waals surface area (Å²) in [5.41, 5.74) is -0.521. The number of hydrogen-bond acceptors (Lipinski definition) is 2. The monoisotopic (exact) mass is 293 g/mol. The third-order valence-corrected chi connectivity index (χ3v) is 4.02. The number of carboxylic acid groups (broad SMARTS) is 1. The molecule has 0 radical (unpaired) electrons. The van der Waals surface area contributed by atoms with Crippen LogP contribution in [0, 0.1) is 5.82 Å². The van der Waals surface area contributed by atoms with E-state index in [0.29, 0.717) is 24.8 Å². The highest BCUT2D eigenvalue weighted by molar-refractivity contribution is 5.94. The number of nitrogens with one attached hydrogen (secondary N) is 1. The van der Waals surface area contributed by atoms with Crippen molar-refractivity contribution >= 4 is 11.9 Å². The predicted octanol–water partition coefficient (Wildman–Crippen LogP) is 2.62. The molecule has 4 nitrogen and oxygen atoms in total. The predicted molar refractivity (Wildman–Crippen MR) is 76.4 cm³/mol. The smallest absolute Gasteiger partial charge is 0.326 e.